The molecule has 0 saturated heterocycles. The number of aryl methyl sites for hydroxylation is 1. The molecule has 1 aliphatic rings. The second-order valence-electron chi connectivity index (χ2n) is 10.3. The summed E-state index contributed by atoms with van der Waals surface area (Å²) in [6.07, 6.45) is 4.36. The number of benzene rings is 1. The fourth-order valence-electron chi connectivity index (χ4n) is 4.38. The first-order chi connectivity index (χ1) is 14.7. The minimum Gasteiger partial charge on any atom is -0.283 e. The number of thioether (sulfide) groups is 1. The van der Waals surface area contributed by atoms with Crippen LogP contribution in [0.5, 0.6) is 0 Å². The normalized spacial score (nSPS) is 16.8. The van der Waals surface area contributed by atoms with E-state index in [4.69, 9.17) is 4.98 Å². The highest BCUT2D eigenvalue weighted by Gasteiger charge is 2.32. The molecule has 0 radical (unpaired) electrons. The number of hydrogen-bond donors (Lipinski definition) is 0. The summed E-state index contributed by atoms with van der Waals surface area (Å²) in [6.45, 7) is 12.1. The van der Waals surface area contributed by atoms with Gasteiger partial charge in [-0.05, 0) is 54.1 Å². The molecular weight excluding hydrogens is 420 g/mol. The lowest BCUT2D eigenvalue weighted by atomic mass is 9.72. The third kappa shape index (κ3) is 4.93. The summed E-state index contributed by atoms with van der Waals surface area (Å²) in [6, 6.07) is 10.3. The molecule has 5 heteroatoms. The number of hydrogen-bond acceptors (Lipinski definition) is 4. The fourth-order valence-corrected chi connectivity index (χ4v) is 6.96. The predicted octanol–water partition coefficient (Wildman–Crippen LogP) is 6.80. The zero-order valence-corrected chi connectivity index (χ0v) is 21.0. The molecule has 0 saturated carbocycles. The second kappa shape index (κ2) is 9.11. The van der Waals surface area contributed by atoms with Crippen LogP contribution in [0.25, 0.3) is 10.2 Å². The number of rotatable bonds is 6. The minimum absolute atomic E-state index is 0.146. The Hall–Kier alpha value is -1.59. The number of aromatic nitrogens is 2. The molecule has 1 atom stereocenters. The van der Waals surface area contributed by atoms with Gasteiger partial charge in [-0.1, -0.05) is 76.7 Å². The van der Waals surface area contributed by atoms with Gasteiger partial charge >= 0.3 is 0 Å². The van der Waals surface area contributed by atoms with E-state index in [1.54, 1.807) is 23.1 Å². The summed E-state index contributed by atoms with van der Waals surface area (Å²) in [5, 5.41) is 1.75. The van der Waals surface area contributed by atoms with Crippen LogP contribution in [-0.4, -0.2) is 15.3 Å². The van der Waals surface area contributed by atoms with Crippen molar-refractivity contribution in [3.05, 3.63) is 56.7 Å². The van der Waals surface area contributed by atoms with E-state index in [0.717, 1.165) is 52.4 Å². The molecule has 3 nitrogen and oxygen atoms in total. The van der Waals surface area contributed by atoms with Crippen molar-refractivity contribution in [2.75, 3.05) is 5.75 Å². The molecule has 0 aliphatic heterocycles. The first-order valence-corrected chi connectivity index (χ1v) is 13.3. The fraction of sp³-hybridized carbons (Fsp3) is 0.538. The van der Waals surface area contributed by atoms with Gasteiger partial charge in [0.15, 0.2) is 5.16 Å². The average molecular weight is 455 g/mol. The van der Waals surface area contributed by atoms with Gasteiger partial charge in [0.2, 0.25) is 0 Å². The third-order valence-electron chi connectivity index (χ3n) is 6.47. The summed E-state index contributed by atoms with van der Waals surface area (Å²) >= 11 is 3.50. The smallest absolute Gasteiger partial charge is 0.263 e. The van der Waals surface area contributed by atoms with Crippen LogP contribution >= 0.6 is 23.1 Å². The molecule has 166 valence electrons. The number of fused-ring (bicyclic) bond motifs is 3. The van der Waals surface area contributed by atoms with Crippen LogP contribution in [0.15, 0.2) is 40.3 Å². The van der Waals surface area contributed by atoms with Crippen molar-refractivity contribution in [3.8, 4) is 0 Å². The highest BCUT2D eigenvalue weighted by atomic mass is 32.2. The monoisotopic (exact) mass is 454 g/mol. The van der Waals surface area contributed by atoms with Gasteiger partial charge in [-0.25, -0.2) is 4.98 Å². The molecule has 4 rings (SSSR count). The Morgan fingerprint density at radius 1 is 1.23 bits per heavy atom. The van der Waals surface area contributed by atoms with E-state index in [1.165, 1.54) is 10.4 Å². The van der Waals surface area contributed by atoms with Crippen LogP contribution in [0, 0.1) is 17.3 Å². The van der Waals surface area contributed by atoms with Gasteiger partial charge in [-0.2, -0.15) is 0 Å². The lowest BCUT2D eigenvalue weighted by Gasteiger charge is -2.33. The van der Waals surface area contributed by atoms with E-state index >= 15 is 0 Å². The minimum atomic E-state index is 0.146. The van der Waals surface area contributed by atoms with Crippen LogP contribution in [-0.2, 0) is 19.4 Å². The largest absolute Gasteiger partial charge is 0.283 e. The van der Waals surface area contributed by atoms with Crippen molar-refractivity contribution < 1.29 is 0 Å². The van der Waals surface area contributed by atoms with Gasteiger partial charge in [-0.3, -0.25) is 9.36 Å². The Morgan fingerprint density at radius 2 is 1.97 bits per heavy atom. The van der Waals surface area contributed by atoms with E-state index in [9.17, 15) is 4.79 Å². The molecule has 0 N–H and O–H groups in total. The van der Waals surface area contributed by atoms with Crippen molar-refractivity contribution in [1.82, 2.24) is 9.55 Å². The second-order valence-corrected chi connectivity index (χ2v) is 12.4. The maximum atomic E-state index is 13.8. The number of thiophene rings is 1. The number of nitrogens with zero attached hydrogens (tertiary/aromatic N) is 2. The Morgan fingerprint density at radius 3 is 2.65 bits per heavy atom. The molecular formula is C26H34N2OS2. The standard InChI is InChI=1S/C26H34N2OS2/c1-17(2)13-14-30-25-27-23-22(24(29)28(25)16-18-9-7-6-8-10-18)20-12-11-19(26(3,4)5)15-21(20)31-23/h6-10,17,19H,11-16H2,1-5H3. The molecule has 0 bridgehead atoms. The summed E-state index contributed by atoms with van der Waals surface area (Å²) in [5.41, 5.74) is 2.87. The van der Waals surface area contributed by atoms with Gasteiger partial charge in [0.25, 0.3) is 5.56 Å². The zero-order valence-electron chi connectivity index (χ0n) is 19.4. The predicted molar refractivity (Wildman–Crippen MR) is 135 cm³/mol. The average Bonchev–Trinajstić information content (AvgIpc) is 3.08. The Kier molecular flexibility index (Phi) is 6.64. The first kappa shape index (κ1) is 22.6. The lowest BCUT2D eigenvalue weighted by Crippen LogP contribution is -2.27. The van der Waals surface area contributed by atoms with E-state index in [0.29, 0.717) is 23.8 Å². The molecule has 2 heterocycles. The third-order valence-corrected chi connectivity index (χ3v) is 8.63. The van der Waals surface area contributed by atoms with Gasteiger partial charge in [-0.15, -0.1) is 11.3 Å². The summed E-state index contributed by atoms with van der Waals surface area (Å²) in [7, 11) is 0. The molecule has 0 fully saturated rings. The molecule has 2 aromatic heterocycles. The summed E-state index contributed by atoms with van der Waals surface area (Å²) in [4.78, 5) is 21.2. The van der Waals surface area contributed by atoms with Gasteiger partial charge in [0.05, 0.1) is 11.9 Å². The van der Waals surface area contributed by atoms with Gasteiger partial charge < -0.3 is 0 Å². The maximum absolute atomic E-state index is 13.8. The van der Waals surface area contributed by atoms with E-state index < -0.39 is 0 Å². The highest BCUT2D eigenvalue weighted by Crippen LogP contribution is 2.42. The van der Waals surface area contributed by atoms with Crippen LogP contribution in [0.3, 0.4) is 0 Å². The molecule has 1 unspecified atom stereocenters. The Bertz CT molecular complexity index is 1110. The SMILES string of the molecule is CC(C)CCSc1nc2sc3c(c2c(=O)n1Cc1ccccc1)CCC(C(C)(C)C)C3. The topological polar surface area (TPSA) is 34.9 Å². The van der Waals surface area contributed by atoms with Crippen LogP contribution in [0.1, 0.15) is 63.5 Å². The zero-order chi connectivity index (χ0) is 22.2. The van der Waals surface area contributed by atoms with Crippen molar-refractivity contribution in [2.45, 2.75) is 72.0 Å². The first-order valence-electron chi connectivity index (χ1n) is 11.5. The molecule has 1 aliphatic carbocycles. The van der Waals surface area contributed by atoms with Gasteiger partial charge in [0, 0.05) is 10.6 Å². The van der Waals surface area contributed by atoms with Crippen molar-refractivity contribution in [2.24, 2.45) is 17.3 Å². The summed E-state index contributed by atoms with van der Waals surface area (Å²) < 4.78 is 1.92. The quantitative estimate of drug-likeness (QED) is 0.304. The van der Waals surface area contributed by atoms with Crippen molar-refractivity contribution in [1.29, 1.82) is 0 Å². The van der Waals surface area contributed by atoms with Crippen LogP contribution < -0.4 is 5.56 Å². The van der Waals surface area contributed by atoms with E-state index in [-0.39, 0.29) is 5.56 Å². The van der Waals surface area contributed by atoms with E-state index in [2.05, 4.69) is 46.8 Å². The van der Waals surface area contributed by atoms with Gasteiger partial charge in [0.1, 0.15) is 4.83 Å². The van der Waals surface area contributed by atoms with Crippen LogP contribution in [0.2, 0.25) is 0 Å². The van der Waals surface area contributed by atoms with Crippen molar-refractivity contribution >= 4 is 33.3 Å². The van der Waals surface area contributed by atoms with E-state index in [1.807, 2.05) is 22.8 Å². The molecule has 1 aromatic carbocycles. The molecule has 31 heavy (non-hydrogen) atoms. The molecule has 3 aromatic rings. The Balaban J connectivity index is 1.77. The summed E-state index contributed by atoms with van der Waals surface area (Å²) in [5.74, 6) is 2.30. The highest BCUT2D eigenvalue weighted by molar-refractivity contribution is 7.99. The van der Waals surface area contributed by atoms with Crippen molar-refractivity contribution in [3.63, 3.8) is 0 Å². The molecule has 0 amide bonds. The molecule has 0 spiro atoms. The Labute approximate surface area is 194 Å². The maximum Gasteiger partial charge on any atom is 0.263 e. The lowest BCUT2D eigenvalue weighted by molar-refractivity contribution is 0.218. The van der Waals surface area contributed by atoms with Crippen LogP contribution in [0.4, 0.5) is 0 Å².